The van der Waals surface area contributed by atoms with Gasteiger partial charge in [0.15, 0.2) is 0 Å². The lowest BCUT2D eigenvalue weighted by atomic mass is 10.0. The van der Waals surface area contributed by atoms with E-state index in [9.17, 15) is 4.79 Å². The first-order valence-electron chi connectivity index (χ1n) is 6.09. The number of primary amides is 1. The summed E-state index contributed by atoms with van der Waals surface area (Å²) in [6.07, 6.45) is 1.71. The maximum Gasteiger partial charge on any atom is 0.243 e. The number of fused-ring (bicyclic) bond motifs is 1. The van der Waals surface area contributed by atoms with Gasteiger partial charge in [-0.25, -0.2) is 4.98 Å². The molecule has 5 nitrogen and oxygen atoms in total. The zero-order valence-corrected chi connectivity index (χ0v) is 10.7. The molecule has 1 aromatic rings. The fraction of sp³-hybridized carbons (Fsp3) is 0.667. The standard InChI is InChI=1S/C12H20N4O/c1-4-10-15-8-7-14-6-5-9(8)16(10)12(2,3)11(13)17/h14H,4-7H2,1-3H3,(H2,13,17). The third kappa shape index (κ3) is 1.84. The van der Waals surface area contributed by atoms with E-state index in [0.29, 0.717) is 0 Å². The van der Waals surface area contributed by atoms with E-state index in [0.717, 1.165) is 43.1 Å². The Morgan fingerprint density at radius 1 is 1.59 bits per heavy atom. The number of aryl methyl sites for hydroxylation is 1. The number of amides is 1. The monoisotopic (exact) mass is 236 g/mol. The molecule has 1 amide bonds. The first-order chi connectivity index (χ1) is 7.98. The van der Waals surface area contributed by atoms with Crippen molar-refractivity contribution in [1.29, 1.82) is 0 Å². The molecule has 5 heteroatoms. The molecule has 17 heavy (non-hydrogen) atoms. The lowest BCUT2D eigenvalue weighted by Crippen LogP contribution is -2.43. The van der Waals surface area contributed by atoms with Crippen molar-refractivity contribution in [3.05, 3.63) is 17.2 Å². The van der Waals surface area contributed by atoms with Gasteiger partial charge < -0.3 is 15.6 Å². The average molecular weight is 236 g/mol. The van der Waals surface area contributed by atoms with Crippen LogP contribution in [0.2, 0.25) is 0 Å². The van der Waals surface area contributed by atoms with Crippen LogP contribution in [-0.4, -0.2) is 22.0 Å². The van der Waals surface area contributed by atoms with Crippen LogP contribution in [0, 0.1) is 0 Å². The molecule has 94 valence electrons. The van der Waals surface area contributed by atoms with Gasteiger partial charge in [-0.3, -0.25) is 4.79 Å². The lowest BCUT2D eigenvalue weighted by molar-refractivity contribution is -0.125. The topological polar surface area (TPSA) is 72.9 Å². The summed E-state index contributed by atoms with van der Waals surface area (Å²) in [6.45, 7) is 7.48. The summed E-state index contributed by atoms with van der Waals surface area (Å²) >= 11 is 0. The summed E-state index contributed by atoms with van der Waals surface area (Å²) in [6, 6.07) is 0. The van der Waals surface area contributed by atoms with E-state index in [2.05, 4.69) is 17.2 Å². The summed E-state index contributed by atoms with van der Waals surface area (Å²) in [7, 11) is 0. The van der Waals surface area contributed by atoms with Crippen molar-refractivity contribution in [1.82, 2.24) is 14.9 Å². The molecule has 0 unspecified atom stereocenters. The van der Waals surface area contributed by atoms with Gasteiger partial charge in [-0.15, -0.1) is 0 Å². The second-order valence-electron chi connectivity index (χ2n) is 4.96. The van der Waals surface area contributed by atoms with Crippen molar-refractivity contribution in [2.45, 2.75) is 45.7 Å². The molecule has 0 radical (unpaired) electrons. The molecule has 1 aromatic heterocycles. The molecule has 2 rings (SSSR count). The largest absolute Gasteiger partial charge is 0.368 e. The highest BCUT2D eigenvalue weighted by atomic mass is 16.1. The number of rotatable bonds is 3. The third-order valence-electron chi connectivity index (χ3n) is 3.43. The zero-order chi connectivity index (χ0) is 12.6. The number of imidazole rings is 1. The first kappa shape index (κ1) is 12.1. The third-order valence-corrected chi connectivity index (χ3v) is 3.43. The summed E-state index contributed by atoms with van der Waals surface area (Å²) in [5, 5.41) is 3.29. The van der Waals surface area contributed by atoms with Gasteiger partial charge in [-0.05, 0) is 13.8 Å². The van der Waals surface area contributed by atoms with Crippen LogP contribution in [0.15, 0.2) is 0 Å². The normalized spacial score (nSPS) is 15.7. The Balaban J connectivity index is 2.58. The van der Waals surface area contributed by atoms with Crippen LogP contribution in [0.25, 0.3) is 0 Å². The second-order valence-corrected chi connectivity index (χ2v) is 4.96. The number of hydrogen-bond donors (Lipinski definition) is 2. The van der Waals surface area contributed by atoms with E-state index in [1.165, 1.54) is 0 Å². The number of aromatic nitrogens is 2. The minimum Gasteiger partial charge on any atom is -0.368 e. The number of nitrogens with two attached hydrogens (primary N) is 1. The highest BCUT2D eigenvalue weighted by Gasteiger charge is 2.33. The Labute approximate surface area is 101 Å². The lowest BCUT2D eigenvalue weighted by Gasteiger charge is -2.28. The van der Waals surface area contributed by atoms with Crippen LogP contribution >= 0.6 is 0 Å². The van der Waals surface area contributed by atoms with Crippen LogP contribution in [-0.2, 0) is 29.7 Å². The Kier molecular flexibility index (Phi) is 2.95. The van der Waals surface area contributed by atoms with Crippen LogP contribution in [0.1, 0.15) is 38.0 Å². The van der Waals surface area contributed by atoms with E-state index in [1.54, 1.807) is 0 Å². The van der Waals surface area contributed by atoms with Gasteiger partial charge in [0.1, 0.15) is 11.4 Å². The molecule has 0 saturated heterocycles. The number of nitrogens with zero attached hydrogens (tertiary/aromatic N) is 2. The molecular formula is C12H20N4O. The molecule has 0 saturated carbocycles. The fourth-order valence-corrected chi connectivity index (χ4v) is 2.37. The van der Waals surface area contributed by atoms with Crippen LogP contribution in [0.4, 0.5) is 0 Å². The van der Waals surface area contributed by atoms with Gasteiger partial charge in [-0.2, -0.15) is 0 Å². The average Bonchev–Trinajstić information content (AvgIpc) is 2.67. The highest BCUT2D eigenvalue weighted by Crippen LogP contribution is 2.25. The molecule has 0 aromatic carbocycles. The maximum atomic E-state index is 11.6. The maximum absolute atomic E-state index is 11.6. The summed E-state index contributed by atoms with van der Waals surface area (Å²) in [4.78, 5) is 16.2. The molecule has 0 aliphatic carbocycles. The van der Waals surface area contributed by atoms with Crippen LogP contribution in [0.5, 0.6) is 0 Å². The fourth-order valence-electron chi connectivity index (χ4n) is 2.37. The van der Waals surface area contributed by atoms with E-state index >= 15 is 0 Å². The molecule has 2 heterocycles. The van der Waals surface area contributed by atoms with E-state index in [4.69, 9.17) is 5.73 Å². The Morgan fingerprint density at radius 3 is 2.88 bits per heavy atom. The molecule has 1 aliphatic heterocycles. The number of carbonyl (C=O) groups is 1. The SMILES string of the molecule is CCc1nc2c(n1C(C)(C)C(N)=O)CCNC2. The minimum absolute atomic E-state index is 0.314. The van der Waals surface area contributed by atoms with Crippen molar-refractivity contribution >= 4 is 5.91 Å². The van der Waals surface area contributed by atoms with E-state index in [1.807, 2.05) is 18.4 Å². The van der Waals surface area contributed by atoms with Crippen molar-refractivity contribution in [3.8, 4) is 0 Å². The molecule has 0 bridgehead atoms. The first-order valence-corrected chi connectivity index (χ1v) is 6.09. The molecule has 0 fully saturated rings. The Hall–Kier alpha value is -1.36. The minimum atomic E-state index is -0.705. The van der Waals surface area contributed by atoms with Crippen molar-refractivity contribution in [2.24, 2.45) is 5.73 Å². The van der Waals surface area contributed by atoms with Crippen molar-refractivity contribution in [2.75, 3.05) is 6.54 Å². The van der Waals surface area contributed by atoms with E-state index in [-0.39, 0.29) is 5.91 Å². The van der Waals surface area contributed by atoms with Gasteiger partial charge in [0.25, 0.3) is 0 Å². The summed E-state index contributed by atoms with van der Waals surface area (Å²) in [5.41, 5.74) is 7.02. The predicted octanol–water partition coefficient (Wildman–Crippen LogP) is 0.312. The van der Waals surface area contributed by atoms with Gasteiger partial charge >= 0.3 is 0 Å². The molecule has 3 N–H and O–H groups in total. The predicted molar refractivity (Wildman–Crippen MR) is 65.5 cm³/mol. The van der Waals surface area contributed by atoms with Crippen molar-refractivity contribution < 1.29 is 4.79 Å². The molecule has 0 atom stereocenters. The number of hydrogen-bond acceptors (Lipinski definition) is 3. The summed E-state index contributed by atoms with van der Waals surface area (Å²) in [5.74, 6) is 0.633. The molecular weight excluding hydrogens is 216 g/mol. The second kappa shape index (κ2) is 4.14. The quantitative estimate of drug-likeness (QED) is 0.793. The van der Waals surface area contributed by atoms with Gasteiger partial charge in [0, 0.05) is 31.6 Å². The highest BCUT2D eigenvalue weighted by molar-refractivity contribution is 5.82. The van der Waals surface area contributed by atoms with Gasteiger partial charge in [0.2, 0.25) is 5.91 Å². The molecule has 1 aliphatic rings. The van der Waals surface area contributed by atoms with Gasteiger partial charge in [-0.1, -0.05) is 6.92 Å². The number of carbonyl (C=O) groups excluding carboxylic acids is 1. The Morgan fingerprint density at radius 2 is 2.29 bits per heavy atom. The smallest absolute Gasteiger partial charge is 0.243 e. The Bertz CT molecular complexity index is 448. The zero-order valence-electron chi connectivity index (χ0n) is 10.7. The van der Waals surface area contributed by atoms with Crippen LogP contribution < -0.4 is 11.1 Å². The van der Waals surface area contributed by atoms with Gasteiger partial charge in [0.05, 0.1) is 5.69 Å². The van der Waals surface area contributed by atoms with Crippen molar-refractivity contribution in [3.63, 3.8) is 0 Å². The number of nitrogens with one attached hydrogen (secondary N) is 1. The summed E-state index contributed by atoms with van der Waals surface area (Å²) < 4.78 is 2.03. The van der Waals surface area contributed by atoms with Crippen LogP contribution in [0.3, 0.4) is 0 Å². The molecule has 0 spiro atoms. The van der Waals surface area contributed by atoms with E-state index < -0.39 is 5.54 Å².